The summed E-state index contributed by atoms with van der Waals surface area (Å²) < 4.78 is 0. The molecule has 1 aliphatic rings. The minimum absolute atomic E-state index is 0.189. The van der Waals surface area contributed by atoms with E-state index in [1.807, 2.05) is 0 Å². The summed E-state index contributed by atoms with van der Waals surface area (Å²) in [5.74, 6) is -3.22. The van der Waals surface area contributed by atoms with Gasteiger partial charge in [0.1, 0.15) is 17.3 Å². The molecule has 5 heteroatoms. The van der Waals surface area contributed by atoms with Gasteiger partial charge in [-0.15, -0.1) is 0 Å². The van der Waals surface area contributed by atoms with Gasteiger partial charge in [0.25, 0.3) is 0 Å². The normalized spacial score (nSPS) is 31.9. The largest absolute Gasteiger partial charge is 0.389 e. The number of hydrogen-bond acceptors (Lipinski definition) is 4. The Labute approximate surface area is 134 Å². The number of rotatable bonds is 3. The smallest absolute Gasteiger partial charge is 0.146 e. The van der Waals surface area contributed by atoms with Gasteiger partial charge >= 0.3 is 0 Å². The minimum Gasteiger partial charge on any atom is -0.389 e. The van der Waals surface area contributed by atoms with Gasteiger partial charge in [-0.3, -0.25) is 14.4 Å². The van der Waals surface area contributed by atoms with Crippen molar-refractivity contribution in [3.8, 4) is 0 Å². The maximum atomic E-state index is 12.4. The Bertz CT molecular complexity index is 618. The van der Waals surface area contributed by atoms with Gasteiger partial charge in [0, 0.05) is 17.4 Å². The summed E-state index contributed by atoms with van der Waals surface area (Å²) in [7, 11) is 0. The molecule has 1 saturated carbocycles. The average molecular weight is 323 g/mol. The third-order valence-corrected chi connectivity index (χ3v) is 4.65. The van der Waals surface area contributed by atoms with Gasteiger partial charge in [-0.1, -0.05) is 23.7 Å². The zero-order valence-corrected chi connectivity index (χ0v) is 13.6. The zero-order valence-electron chi connectivity index (χ0n) is 12.8. The maximum absolute atomic E-state index is 12.4. The number of hydrogen-bond donors (Lipinski definition) is 1. The number of Topliss-reactive ketones (excluding diaryl/α,β-unsaturated/α-hetero) is 3. The van der Waals surface area contributed by atoms with Crippen LogP contribution >= 0.6 is 11.6 Å². The SMILES string of the molecule is CC(=O)C1C(=O)CC(C)(O)C(C(C)=O)C1c1ccc(Cl)cc1. The quantitative estimate of drug-likeness (QED) is 0.868. The van der Waals surface area contributed by atoms with E-state index < -0.39 is 23.4 Å². The first kappa shape index (κ1) is 16.8. The monoisotopic (exact) mass is 322 g/mol. The van der Waals surface area contributed by atoms with E-state index in [4.69, 9.17) is 11.6 Å². The summed E-state index contributed by atoms with van der Waals surface area (Å²) in [6.07, 6.45) is -0.189. The summed E-state index contributed by atoms with van der Waals surface area (Å²) >= 11 is 5.88. The molecule has 1 aromatic carbocycles. The number of halogens is 1. The zero-order chi connectivity index (χ0) is 16.7. The lowest BCUT2D eigenvalue weighted by atomic mass is 9.60. The fourth-order valence-electron chi connectivity index (χ4n) is 3.59. The van der Waals surface area contributed by atoms with Gasteiger partial charge in [0.2, 0.25) is 0 Å². The Morgan fingerprint density at radius 1 is 1.18 bits per heavy atom. The Balaban J connectivity index is 2.61. The van der Waals surface area contributed by atoms with Crippen molar-refractivity contribution in [2.24, 2.45) is 11.8 Å². The third-order valence-electron chi connectivity index (χ3n) is 4.40. The second kappa shape index (κ2) is 5.94. The van der Waals surface area contributed by atoms with Crippen LogP contribution in [0, 0.1) is 11.8 Å². The lowest BCUT2D eigenvalue weighted by Crippen LogP contribution is -2.53. The van der Waals surface area contributed by atoms with Gasteiger partial charge < -0.3 is 5.11 Å². The van der Waals surface area contributed by atoms with Gasteiger partial charge in [-0.25, -0.2) is 0 Å². The maximum Gasteiger partial charge on any atom is 0.146 e. The first-order valence-corrected chi connectivity index (χ1v) is 7.54. The van der Waals surface area contributed by atoms with Crippen LogP contribution in [-0.4, -0.2) is 28.1 Å². The molecule has 0 aromatic heterocycles. The number of carbonyl (C=O) groups is 3. The first-order valence-electron chi connectivity index (χ1n) is 7.16. The predicted octanol–water partition coefficient (Wildman–Crippen LogP) is 2.56. The molecular weight excluding hydrogens is 304 g/mol. The van der Waals surface area contributed by atoms with Crippen LogP contribution in [0.2, 0.25) is 5.02 Å². The third kappa shape index (κ3) is 2.99. The standard InChI is InChI=1S/C17H19ClO4/c1-9(19)14-13(21)8-17(3,22)16(10(2)20)15(14)11-4-6-12(18)7-5-11/h4-7,14-16,22H,8H2,1-3H3. The van der Waals surface area contributed by atoms with Crippen molar-refractivity contribution in [3.63, 3.8) is 0 Å². The van der Waals surface area contributed by atoms with E-state index in [0.29, 0.717) is 10.6 Å². The van der Waals surface area contributed by atoms with Gasteiger partial charge in [0.15, 0.2) is 0 Å². The molecule has 4 atom stereocenters. The lowest BCUT2D eigenvalue weighted by molar-refractivity contribution is -0.151. The van der Waals surface area contributed by atoms with Crippen molar-refractivity contribution in [2.45, 2.75) is 38.7 Å². The van der Waals surface area contributed by atoms with Crippen LogP contribution in [0.5, 0.6) is 0 Å². The molecule has 0 radical (unpaired) electrons. The van der Waals surface area contributed by atoms with Gasteiger partial charge in [-0.2, -0.15) is 0 Å². The van der Waals surface area contributed by atoms with E-state index in [9.17, 15) is 19.5 Å². The van der Waals surface area contributed by atoms with E-state index in [2.05, 4.69) is 0 Å². The Kier molecular flexibility index (Phi) is 4.54. The highest BCUT2D eigenvalue weighted by Crippen LogP contribution is 2.46. The number of carbonyl (C=O) groups excluding carboxylic acids is 3. The second-order valence-electron chi connectivity index (χ2n) is 6.25. The average Bonchev–Trinajstić information content (AvgIpc) is 2.36. The highest BCUT2D eigenvalue weighted by atomic mass is 35.5. The van der Waals surface area contributed by atoms with Crippen LogP contribution in [0.25, 0.3) is 0 Å². The molecular formula is C17H19ClO4. The van der Waals surface area contributed by atoms with Crippen molar-refractivity contribution in [1.29, 1.82) is 0 Å². The predicted molar refractivity (Wildman–Crippen MR) is 82.8 cm³/mol. The van der Waals surface area contributed by atoms with E-state index in [1.165, 1.54) is 20.8 Å². The summed E-state index contributed by atoms with van der Waals surface area (Å²) in [5, 5.41) is 11.1. The molecule has 22 heavy (non-hydrogen) atoms. The second-order valence-corrected chi connectivity index (χ2v) is 6.69. The summed E-state index contributed by atoms with van der Waals surface area (Å²) in [6.45, 7) is 4.22. The minimum atomic E-state index is -1.46. The molecule has 0 spiro atoms. The first-order chi connectivity index (χ1) is 10.1. The van der Waals surface area contributed by atoms with Crippen LogP contribution in [0.4, 0.5) is 0 Å². The van der Waals surface area contributed by atoms with E-state index in [1.54, 1.807) is 24.3 Å². The molecule has 1 N–H and O–H groups in total. The van der Waals surface area contributed by atoms with Crippen LogP contribution in [0.3, 0.4) is 0 Å². The Morgan fingerprint density at radius 2 is 1.73 bits per heavy atom. The molecule has 1 aliphatic carbocycles. The van der Waals surface area contributed by atoms with E-state index in [0.717, 1.165) is 0 Å². The molecule has 0 heterocycles. The van der Waals surface area contributed by atoms with Crippen molar-refractivity contribution in [1.82, 2.24) is 0 Å². The van der Waals surface area contributed by atoms with Gasteiger partial charge in [0.05, 0.1) is 17.4 Å². The molecule has 0 aliphatic heterocycles. The van der Waals surface area contributed by atoms with Crippen molar-refractivity contribution < 1.29 is 19.5 Å². The molecule has 0 saturated heterocycles. The van der Waals surface area contributed by atoms with E-state index in [-0.39, 0.29) is 23.8 Å². The summed E-state index contributed by atoms with van der Waals surface area (Å²) in [5.41, 5.74) is -0.794. The summed E-state index contributed by atoms with van der Waals surface area (Å²) in [4.78, 5) is 36.5. The number of benzene rings is 1. The van der Waals surface area contributed by atoms with Crippen LogP contribution in [0.1, 0.15) is 38.7 Å². The van der Waals surface area contributed by atoms with Crippen LogP contribution < -0.4 is 0 Å². The van der Waals surface area contributed by atoms with Gasteiger partial charge in [-0.05, 0) is 38.5 Å². The van der Waals surface area contributed by atoms with E-state index >= 15 is 0 Å². The number of ketones is 3. The molecule has 1 aromatic rings. The highest BCUT2D eigenvalue weighted by Gasteiger charge is 2.53. The van der Waals surface area contributed by atoms with Crippen molar-refractivity contribution >= 4 is 29.0 Å². The van der Waals surface area contributed by atoms with Crippen LogP contribution in [-0.2, 0) is 14.4 Å². The fraction of sp³-hybridized carbons (Fsp3) is 0.471. The highest BCUT2D eigenvalue weighted by molar-refractivity contribution is 6.30. The van der Waals surface area contributed by atoms with Crippen molar-refractivity contribution in [2.75, 3.05) is 0 Å². The van der Waals surface area contributed by atoms with Crippen molar-refractivity contribution in [3.05, 3.63) is 34.9 Å². The Hall–Kier alpha value is -1.52. The molecule has 0 amide bonds. The fourth-order valence-corrected chi connectivity index (χ4v) is 3.72. The molecule has 1 fully saturated rings. The van der Waals surface area contributed by atoms with Crippen LogP contribution in [0.15, 0.2) is 24.3 Å². The summed E-state index contributed by atoms with van der Waals surface area (Å²) in [6, 6.07) is 6.71. The number of aliphatic hydroxyl groups is 1. The lowest BCUT2D eigenvalue weighted by Gasteiger charge is -2.44. The molecule has 118 valence electrons. The Morgan fingerprint density at radius 3 is 2.18 bits per heavy atom. The molecule has 2 rings (SSSR count). The topological polar surface area (TPSA) is 71.4 Å². The molecule has 4 nitrogen and oxygen atoms in total. The molecule has 4 unspecified atom stereocenters. The molecule has 0 bridgehead atoms.